The van der Waals surface area contributed by atoms with Crippen LogP contribution in [0.3, 0.4) is 0 Å². The number of hydrogen-bond donors (Lipinski definition) is 1. The Morgan fingerprint density at radius 2 is 1.85 bits per heavy atom. The molecule has 110 valence electrons. The topological polar surface area (TPSA) is 29.3 Å². The van der Waals surface area contributed by atoms with Crippen molar-refractivity contribution in [1.82, 2.24) is 4.90 Å². The molecule has 0 aromatic heterocycles. The zero-order chi connectivity index (χ0) is 14.8. The van der Waals surface area contributed by atoms with Crippen molar-refractivity contribution in [3.8, 4) is 0 Å². The minimum absolute atomic E-state index is 0.223. The van der Waals surface area contributed by atoms with Gasteiger partial charge in [0.1, 0.15) is 0 Å². The third kappa shape index (κ3) is 4.57. The van der Waals surface area contributed by atoms with Gasteiger partial charge in [-0.15, -0.1) is 0 Å². The van der Waals surface area contributed by atoms with Crippen molar-refractivity contribution in [2.24, 2.45) is 5.73 Å². The molecule has 0 atom stereocenters. The van der Waals surface area contributed by atoms with Crippen LogP contribution in [0.2, 0.25) is 0 Å². The number of nitrogens with two attached hydrogens (primary N) is 1. The Kier molecular flexibility index (Phi) is 4.82. The first-order valence-electron chi connectivity index (χ1n) is 7.48. The fourth-order valence-electron chi connectivity index (χ4n) is 2.43. The van der Waals surface area contributed by atoms with Gasteiger partial charge in [-0.2, -0.15) is 0 Å². The molecule has 1 fully saturated rings. The molecule has 1 aromatic rings. The molecule has 0 heterocycles. The largest absolute Gasteiger partial charge is 0.393 e. The number of hydrogen-bond acceptors (Lipinski definition) is 2. The Morgan fingerprint density at radius 1 is 1.25 bits per heavy atom. The van der Waals surface area contributed by atoms with Gasteiger partial charge in [0, 0.05) is 25.6 Å². The van der Waals surface area contributed by atoms with Crippen molar-refractivity contribution in [3.05, 3.63) is 35.4 Å². The predicted octanol–water partition coefficient (Wildman–Crippen LogP) is 3.62. The van der Waals surface area contributed by atoms with Gasteiger partial charge in [-0.25, -0.2) is 0 Å². The highest BCUT2D eigenvalue weighted by atomic mass is 32.1. The third-order valence-electron chi connectivity index (χ3n) is 3.91. The highest BCUT2D eigenvalue weighted by Crippen LogP contribution is 2.29. The number of nitrogens with zero attached hydrogens (tertiary/aromatic N) is 1. The Bertz CT molecular complexity index is 455. The molecule has 2 N–H and O–H groups in total. The van der Waals surface area contributed by atoms with Crippen molar-refractivity contribution in [3.63, 3.8) is 0 Å². The molecule has 0 radical (unpaired) electrons. The molecule has 0 bridgehead atoms. The van der Waals surface area contributed by atoms with Crippen molar-refractivity contribution in [2.75, 3.05) is 6.54 Å². The second-order valence-electron chi connectivity index (χ2n) is 6.86. The highest BCUT2D eigenvalue weighted by Gasteiger charge is 2.28. The summed E-state index contributed by atoms with van der Waals surface area (Å²) in [5.74, 6) is 0. The van der Waals surface area contributed by atoms with E-state index < -0.39 is 0 Å². The third-order valence-corrected chi connectivity index (χ3v) is 4.12. The summed E-state index contributed by atoms with van der Waals surface area (Å²) in [6.45, 7) is 8.75. The van der Waals surface area contributed by atoms with Crippen molar-refractivity contribution in [2.45, 2.75) is 58.0 Å². The van der Waals surface area contributed by atoms with Gasteiger partial charge in [0.05, 0.1) is 4.99 Å². The zero-order valence-corrected chi connectivity index (χ0v) is 13.7. The smallest absolute Gasteiger partial charge is 0.0740 e. The van der Waals surface area contributed by atoms with E-state index in [-0.39, 0.29) is 5.41 Å². The lowest BCUT2D eigenvalue weighted by atomic mass is 9.87. The first-order valence-corrected chi connectivity index (χ1v) is 7.89. The summed E-state index contributed by atoms with van der Waals surface area (Å²) in [5, 5.41) is 0. The lowest BCUT2D eigenvalue weighted by molar-refractivity contribution is 0.262. The number of benzene rings is 1. The first-order chi connectivity index (χ1) is 9.36. The predicted molar refractivity (Wildman–Crippen MR) is 90.0 cm³/mol. The van der Waals surface area contributed by atoms with E-state index in [1.807, 2.05) is 0 Å². The van der Waals surface area contributed by atoms with Crippen LogP contribution in [-0.2, 0) is 12.0 Å². The van der Waals surface area contributed by atoms with Crippen LogP contribution in [0, 0.1) is 0 Å². The number of thiocarbonyl (C=S) groups is 1. The molecular formula is C17H26N2S. The fourth-order valence-corrected chi connectivity index (χ4v) is 2.52. The van der Waals surface area contributed by atoms with E-state index in [4.69, 9.17) is 18.0 Å². The normalized spacial score (nSPS) is 15.6. The van der Waals surface area contributed by atoms with Crippen LogP contribution in [-0.4, -0.2) is 22.5 Å². The second-order valence-corrected chi connectivity index (χ2v) is 7.39. The Hall–Kier alpha value is -0.930. The van der Waals surface area contributed by atoms with E-state index in [9.17, 15) is 0 Å². The molecule has 1 saturated carbocycles. The van der Waals surface area contributed by atoms with E-state index in [2.05, 4.69) is 49.9 Å². The van der Waals surface area contributed by atoms with Crippen LogP contribution in [0.15, 0.2) is 24.3 Å². The van der Waals surface area contributed by atoms with Gasteiger partial charge < -0.3 is 5.73 Å². The maximum absolute atomic E-state index is 5.63. The minimum atomic E-state index is 0.223. The summed E-state index contributed by atoms with van der Waals surface area (Å²) >= 11 is 4.99. The first kappa shape index (κ1) is 15.5. The molecule has 2 nitrogen and oxygen atoms in total. The van der Waals surface area contributed by atoms with Crippen LogP contribution < -0.4 is 5.73 Å². The molecule has 0 amide bonds. The fraction of sp³-hybridized carbons (Fsp3) is 0.588. The van der Waals surface area contributed by atoms with E-state index in [0.29, 0.717) is 4.99 Å². The van der Waals surface area contributed by atoms with Crippen molar-refractivity contribution >= 4 is 17.2 Å². The monoisotopic (exact) mass is 290 g/mol. The molecule has 2 rings (SSSR count). The molecule has 1 aliphatic carbocycles. The van der Waals surface area contributed by atoms with Crippen molar-refractivity contribution < 1.29 is 0 Å². The van der Waals surface area contributed by atoms with E-state index in [0.717, 1.165) is 25.6 Å². The summed E-state index contributed by atoms with van der Waals surface area (Å²) in [6, 6.07) is 9.78. The minimum Gasteiger partial charge on any atom is -0.393 e. The molecule has 0 spiro atoms. The second kappa shape index (κ2) is 6.23. The summed E-state index contributed by atoms with van der Waals surface area (Å²) in [6.07, 6.45) is 3.46. The van der Waals surface area contributed by atoms with Crippen LogP contribution in [0.5, 0.6) is 0 Å². The van der Waals surface area contributed by atoms with Gasteiger partial charge in [-0.05, 0) is 29.4 Å². The van der Waals surface area contributed by atoms with Crippen LogP contribution in [0.25, 0.3) is 0 Å². The van der Waals surface area contributed by atoms with Gasteiger partial charge in [0.15, 0.2) is 0 Å². The quantitative estimate of drug-likeness (QED) is 0.811. The summed E-state index contributed by atoms with van der Waals surface area (Å²) in [5.41, 5.74) is 8.62. The molecule has 0 saturated heterocycles. The zero-order valence-electron chi connectivity index (χ0n) is 12.9. The molecule has 0 aliphatic heterocycles. The summed E-state index contributed by atoms with van der Waals surface area (Å²) in [7, 11) is 0. The van der Waals surface area contributed by atoms with E-state index in [1.165, 1.54) is 24.0 Å². The summed E-state index contributed by atoms with van der Waals surface area (Å²) in [4.78, 5) is 3.14. The molecule has 1 aromatic carbocycles. The average Bonchev–Trinajstić information content (AvgIpc) is 3.18. The Labute approximate surface area is 128 Å². The lowest BCUT2D eigenvalue weighted by Gasteiger charge is -2.23. The van der Waals surface area contributed by atoms with Crippen LogP contribution in [0.1, 0.15) is 51.2 Å². The Balaban J connectivity index is 1.98. The molecule has 1 aliphatic rings. The van der Waals surface area contributed by atoms with E-state index in [1.54, 1.807) is 0 Å². The van der Waals surface area contributed by atoms with Crippen LogP contribution in [0.4, 0.5) is 0 Å². The molecular weight excluding hydrogens is 264 g/mol. The van der Waals surface area contributed by atoms with Crippen molar-refractivity contribution in [1.29, 1.82) is 0 Å². The van der Waals surface area contributed by atoms with E-state index >= 15 is 0 Å². The molecule has 20 heavy (non-hydrogen) atoms. The number of rotatable bonds is 6. The highest BCUT2D eigenvalue weighted by molar-refractivity contribution is 7.80. The van der Waals surface area contributed by atoms with Crippen LogP contribution >= 0.6 is 12.2 Å². The average molecular weight is 290 g/mol. The van der Waals surface area contributed by atoms with Gasteiger partial charge in [0.25, 0.3) is 0 Å². The maximum Gasteiger partial charge on any atom is 0.0740 e. The standard InChI is InChI=1S/C17H26N2S/c1-17(2,3)14-6-4-13(5-7-14)12-19(15-8-9-15)11-10-16(18)20/h4-7,15H,8-12H2,1-3H3,(H2,18,20). The SMILES string of the molecule is CC(C)(C)c1ccc(CN(CCC(N)=S)C2CC2)cc1. The van der Waals surface area contributed by atoms with Gasteiger partial charge in [-0.1, -0.05) is 57.3 Å². The molecule has 3 heteroatoms. The summed E-state index contributed by atoms with van der Waals surface area (Å²) < 4.78 is 0. The van der Waals surface area contributed by atoms with Gasteiger partial charge >= 0.3 is 0 Å². The van der Waals surface area contributed by atoms with Gasteiger partial charge in [-0.3, -0.25) is 4.90 Å². The van der Waals surface area contributed by atoms with Gasteiger partial charge in [0.2, 0.25) is 0 Å². The molecule has 0 unspecified atom stereocenters. The maximum atomic E-state index is 5.63. The Morgan fingerprint density at radius 3 is 2.30 bits per heavy atom. The lowest BCUT2D eigenvalue weighted by Crippen LogP contribution is -2.29.